The Hall–Kier alpha value is -0.790. The van der Waals surface area contributed by atoms with Crippen LogP contribution in [0, 0.1) is 11.8 Å². The van der Waals surface area contributed by atoms with Gasteiger partial charge in [0.25, 0.3) is 0 Å². The van der Waals surface area contributed by atoms with Gasteiger partial charge in [-0.3, -0.25) is 4.99 Å². The molecule has 0 spiro atoms. The highest BCUT2D eigenvalue weighted by atomic mass is 14.7. The Morgan fingerprint density at radius 1 is 1.54 bits per heavy atom. The molecule has 0 heterocycles. The third-order valence-corrected chi connectivity index (χ3v) is 3.02. The summed E-state index contributed by atoms with van der Waals surface area (Å²) in [5, 5.41) is 0. The van der Waals surface area contributed by atoms with E-state index >= 15 is 0 Å². The number of aliphatic imine (C=N–C) groups is 1. The van der Waals surface area contributed by atoms with Crippen LogP contribution in [-0.2, 0) is 0 Å². The Labute approximate surface area is 80.9 Å². The molecule has 1 aliphatic rings. The van der Waals surface area contributed by atoms with Crippen molar-refractivity contribution >= 4 is 5.71 Å². The molecule has 1 fully saturated rings. The van der Waals surface area contributed by atoms with Gasteiger partial charge in [-0.25, -0.2) is 0 Å². The number of nitrogens with zero attached hydrogens (tertiary/aromatic N) is 1. The monoisotopic (exact) mass is 180 g/mol. The molecular weight excluding hydrogens is 160 g/mol. The summed E-state index contributed by atoms with van der Waals surface area (Å²) in [4.78, 5) is 4.30. The van der Waals surface area contributed by atoms with Crippen molar-refractivity contribution in [1.29, 1.82) is 0 Å². The Morgan fingerprint density at radius 2 is 2.23 bits per heavy atom. The number of nitrogens with two attached hydrogens (primary N) is 1. The second-order valence-corrected chi connectivity index (χ2v) is 4.11. The van der Waals surface area contributed by atoms with E-state index in [0.29, 0.717) is 0 Å². The van der Waals surface area contributed by atoms with Gasteiger partial charge in [0.2, 0.25) is 0 Å². The molecule has 0 saturated heterocycles. The van der Waals surface area contributed by atoms with E-state index in [9.17, 15) is 0 Å². The van der Waals surface area contributed by atoms with Crippen LogP contribution in [0.4, 0.5) is 0 Å². The van der Waals surface area contributed by atoms with E-state index in [2.05, 4.69) is 18.8 Å². The van der Waals surface area contributed by atoms with Crippen LogP contribution in [0.25, 0.3) is 0 Å². The minimum Gasteiger partial charge on any atom is -0.404 e. The first-order valence-corrected chi connectivity index (χ1v) is 5.05. The van der Waals surface area contributed by atoms with E-state index < -0.39 is 0 Å². The van der Waals surface area contributed by atoms with Crippen molar-refractivity contribution in [2.75, 3.05) is 7.05 Å². The molecule has 0 aliphatic heterocycles. The van der Waals surface area contributed by atoms with Gasteiger partial charge in [-0.2, -0.15) is 0 Å². The van der Waals surface area contributed by atoms with Gasteiger partial charge in [0.1, 0.15) is 0 Å². The van der Waals surface area contributed by atoms with Gasteiger partial charge in [-0.15, -0.1) is 0 Å². The quantitative estimate of drug-likeness (QED) is 0.661. The first kappa shape index (κ1) is 10.3. The van der Waals surface area contributed by atoms with Crippen molar-refractivity contribution in [2.24, 2.45) is 22.6 Å². The largest absolute Gasteiger partial charge is 0.404 e. The lowest BCUT2D eigenvalue weighted by Crippen LogP contribution is -2.22. The zero-order valence-corrected chi connectivity index (χ0v) is 8.88. The third-order valence-electron chi connectivity index (χ3n) is 3.02. The van der Waals surface area contributed by atoms with Gasteiger partial charge in [0, 0.05) is 12.8 Å². The van der Waals surface area contributed by atoms with Crippen LogP contribution < -0.4 is 5.73 Å². The molecule has 1 unspecified atom stereocenters. The highest BCUT2D eigenvalue weighted by Gasteiger charge is 2.23. The first-order chi connectivity index (χ1) is 6.19. The van der Waals surface area contributed by atoms with E-state index in [-0.39, 0.29) is 0 Å². The fourth-order valence-electron chi connectivity index (χ4n) is 1.95. The van der Waals surface area contributed by atoms with E-state index in [4.69, 9.17) is 5.73 Å². The lowest BCUT2D eigenvalue weighted by molar-refractivity contribution is 0.361. The molecule has 0 radical (unpaired) electrons. The van der Waals surface area contributed by atoms with Crippen molar-refractivity contribution in [1.82, 2.24) is 0 Å². The lowest BCUT2D eigenvalue weighted by Gasteiger charge is -2.27. The van der Waals surface area contributed by atoms with Crippen molar-refractivity contribution in [2.45, 2.75) is 33.1 Å². The normalized spacial score (nSPS) is 30.3. The minimum absolute atomic E-state index is 0.760. The van der Waals surface area contributed by atoms with Crippen molar-refractivity contribution in [3.63, 3.8) is 0 Å². The standard InChI is InChI=1S/C11H20N2/c1-8(2)9-4-5-10(7-12)11(6-9)13-3/h7-9H,4-6,12H2,1-3H3. The summed E-state index contributed by atoms with van der Waals surface area (Å²) < 4.78 is 0. The number of rotatable bonds is 1. The van der Waals surface area contributed by atoms with E-state index in [1.54, 1.807) is 6.20 Å². The van der Waals surface area contributed by atoms with Gasteiger partial charge < -0.3 is 5.73 Å². The fourth-order valence-corrected chi connectivity index (χ4v) is 1.95. The summed E-state index contributed by atoms with van der Waals surface area (Å²) in [6, 6.07) is 0. The topological polar surface area (TPSA) is 38.4 Å². The van der Waals surface area contributed by atoms with E-state index in [1.165, 1.54) is 17.7 Å². The second kappa shape index (κ2) is 4.45. The van der Waals surface area contributed by atoms with Gasteiger partial charge in [0.15, 0.2) is 0 Å². The van der Waals surface area contributed by atoms with Gasteiger partial charge in [-0.05, 0) is 42.9 Å². The summed E-state index contributed by atoms with van der Waals surface area (Å²) >= 11 is 0. The van der Waals surface area contributed by atoms with Crippen molar-refractivity contribution < 1.29 is 0 Å². The highest BCUT2D eigenvalue weighted by molar-refractivity contribution is 6.00. The Balaban J connectivity index is 2.69. The van der Waals surface area contributed by atoms with Crippen LogP contribution in [0.1, 0.15) is 33.1 Å². The van der Waals surface area contributed by atoms with E-state index in [1.807, 2.05) is 7.05 Å². The first-order valence-electron chi connectivity index (χ1n) is 5.05. The van der Waals surface area contributed by atoms with Gasteiger partial charge in [-0.1, -0.05) is 13.8 Å². The third kappa shape index (κ3) is 2.33. The zero-order chi connectivity index (χ0) is 9.84. The molecule has 1 saturated carbocycles. The summed E-state index contributed by atoms with van der Waals surface area (Å²) in [5.41, 5.74) is 8.01. The van der Waals surface area contributed by atoms with Crippen LogP contribution in [0.5, 0.6) is 0 Å². The minimum atomic E-state index is 0.760. The predicted molar refractivity (Wildman–Crippen MR) is 57.8 cm³/mol. The molecule has 1 aliphatic carbocycles. The Kier molecular flexibility index (Phi) is 3.52. The van der Waals surface area contributed by atoms with Gasteiger partial charge >= 0.3 is 0 Å². The lowest BCUT2D eigenvalue weighted by atomic mass is 9.78. The van der Waals surface area contributed by atoms with Crippen LogP contribution in [-0.4, -0.2) is 12.8 Å². The molecule has 0 amide bonds. The Bertz CT molecular complexity index is 226. The average Bonchev–Trinajstić information content (AvgIpc) is 2.16. The molecule has 0 aromatic rings. The van der Waals surface area contributed by atoms with Crippen LogP contribution in [0.3, 0.4) is 0 Å². The number of allylic oxidation sites excluding steroid dienone is 1. The molecule has 1 atom stereocenters. The summed E-state index contributed by atoms with van der Waals surface area (Å²) in [6.07, 6.45) is 5.20. The van der Waals surface area contributed by atoms with Crippen molar-refractivity contribution in [3.05, 3.63) is 11.8 Å². The molecule has 0 bridgehead atoms. The van der Waals surface area contributed by atoms with Gasteiger partial charge in [0.05, 0.1) is 0 Å². The SMILES string of the molecule is CN=C1CC(C(C)C)CCC1=CN. The van der Waals surface area contributed by atoms with Crippen LogP contribution in [0.2, 0.25) is 0 Å². The van der Waals surface area contributed by atoms with Crippen LogP contribution in [0.15, 0.2) is 16.8 Å². The maximum absolute atomic E-state index is 5.55. The number of hydrogen-bond acceptors (Lipinski definition) is 2. The molecule has 0 aromatic heterocycles. The predicted octanol–water partition coefficient (Wildman–Crippen LogP) is 2.36. The smallest absolute Gasteiger partial charge is 0.0393 e. The molecule has 2 nitrogen and oxygen atoms in total. The average molecular weight is 180 g/mol. The molecule has 1 rings (SSSR count). The van der Waals surface area contributed by atoms with E-state index in [0.717, 1.165) is 24.7 Å². The number of hydrogen-bond donors (Lipinski definition) is 1. The molecule has 2 N–H and O–H groups in total. The summed E-state index contributed by atoms with van der Waals surface area (Å²) in [7, 11) is 1.86. The summed E-state index contributed by atoms with van der Waals surface area (Å²) in [6.45, 7) is 4.57. The Morgan fingerprint density at radius 3 is 2.69 bits per heavy atom. The molecule has 13 heavy (non-hydrogen) atoms. The maximum Gasteiger partial charge on any atom is 0.0393 e. The molecule has 74 valence electrons. The molecule has 0 aromatic carbocycles. The zero-order valence-electron chi connectivity index (χ0n) is 8.88. The van der Waals surface area contributed by atoms with Crippen molar-refractivity contribution in [3.8, 4) is 0 Å². The second-order valence-electron chi connectivity index (χ2n) is 4.11. The summed E-state index contributed by atoms with van der Waals surface area (Å²) in [5.74, 6) is 1.55. The fraction of sp³-hybridized carbons (Fsp3) is 0.727. The highest BCUT2D eigenvalue weighted by Crippen LogP contribution is 2.30. The molecular formula is C11H20N2. The maximum atomic E-state index is 5.55. The molecule has 2 heteroatoms. The van der Waals surface area contributed by atoms with Crippen LogP contribution >= 0.6 is 0 Å².